The second kappa shape index (κ2) is 5.84. The SMILES string of the molecule is CN(C)c1ccccc1-c1ccc(-c2ccccc2)cc1. The molecule has 3 rings (SSSR count). The molecule has 3 aromatic carbocycles. The van der Waals surface area contributed by atoms with Crippen molar-refractivity contribution in [1.29, 1.82) is 0 Å². The minimum atomic E-state index is 1.24. The molecule has 0 heterocycles. The van der Waals surface area contributed by atoms with Gasteiger partial charge in [0.15, 0.2) is 0 Å². The Kier molecular flexibility index (Phi) is 3.74. The third-order valence-corrected chi connectivity index (χ3v) is 3.69. The highest BCUT2D eigenvalue weighted by atomic mass is 15.1. The van der Waals surface area contributed by atoms with E-state index in [0.717, 1.165) is 0 Å². The van der Waals surface area contributed by atoms with Gasteiger partial charge in [-0.15, -0.1) is 0 Å². The highest BCUT2D eigenvalue weighted by Crippen LogP contribution is 2.31. The van der Waals surface area contributed by atoms with Crippen LogP contribution in [-0.4, -0.2) is 14.1 Å². The minimum absolute atomic E-state index is 1.24. The van der Waals surface area contributed by atoms with Crippen molar-refractivity contribution in [2.24, 2.45) is 0 Å². The molecule has 0 radical (unpaired) electrons. The molecule has 0 atom stereocenters. The number of para-hydroxylation sites is 1. The van der Waals surface area contributed by atoms with E-state index >= 15 is 0 Å². The fraction of sp³-hybridized carbons (Fsp3) is 0.100. The van der Waals surface area contributed by atoms with Gasteiger partial charge in [0.25, 0.3) is 0 Å². The molecule has 0 aliphatic heterocycles. The van der Waals surface area contributed by atoms with Crippen molar-refractivity contribution in [3.05, 3.63) is 78.9 Å². The van der Waals surface area contributed by atoms with Gasteiger partial charge < -0.3 is 4.90 Å². The van der Waals surface area contributed by atoms with Gasteiger partial charge in [-0.2, -0.15) is 0 Å². The lowest BCUT2D eigenvalue weighted by atomic mass is 9.99. The van der Waals surface area contributed by atoms with Crippen LogP contribution in [0.5, 0.6) is 0 Å². The van der Waals surface area contributed by atoms with Gasteiger partial charge in [0.2, 0.25) is 0 Å². The van der Waals surface area contributed by atoms with E-state index in [0.29, 0.717) is 0 Å². The molecule has 0 fully saturated rings. The molecule has 0 saturated heterocycles. The zero-order chi connectivity index (χ0) is 14.7. The number of hydrogen-bond donors (Lipinski definition) is 0. The fourth-order valence-electron chi connectivity index (χ4n) is 2.58. The number of rotatable bonds is 3. The van der Waals surface area contributed by atoms with Crippen LogP contribution in [0.1, 0.15) is 0 Å². The Bertz CT molecular complexity index is 712. The van der Waals surface area contributed by atoms with Gasteiger partial charge >= 0.3 is 0 Å². The lowest BCUT2D eigenvalue weighted by Gasteiger charge is -2.17. The smallest absolute Gasteiger partial charge is 0.0440 e. The first-order chi connectivity index (χ1) is 10.3. The van der Waals surface area contributed by atoms with E-state index in [2.05, 4.69) is 91.8 Å². The summed E-state index contributed by atoms with van der Waals surface area (Å²) < 4.78 is 0. The van der Waals surface area contributed by atoms with Gasteiger partial charge in [0.05, 0.1) is 0 Å². The molecule has 0 N–H and O–H groups in total. The Morgan fingerprint density at radius 1 is 0.524 bits per heavy atom. The summed E-state index contributed by atoms with van der Waals surface area (Å²) in [5, 5.41) is 0. The number of hydrogen-bond acceptors (Lipinski definition) is 1. The van der Waals surface area contributed by atoms with Crippen molar-refractivity contribution in [3.8, 4) is 22.3 Å². The Labute approximate surface area is 126 Å². The predicted octanol–water partition coefficient (Wildman–Crippen LogP) is 5.09. The Morgan fingerprint density at radius 3 is 1.71 bits per heavy atom. The molecule has 1 heteroatoms. The van der Waals surface area contributed by atoms with Crippen LogP contribution in [0.3, 0.4) is 0 Å². The van der Waals surface area contributed by atoms with Crippen LogP contribution in [0.25, 0.3) is 22.3 Å². The molecule has 3 aromatic rings. The maximum Gasteiger partial charge on any atom is 0.0440 e. The number of anilines is 1. The van der Waals surface area contributed by atoms with Crippen LogP contribution in [0.15, 0.2) is 78.9 Å². The minimum Gasteiger partial charge on any atom is -0.377 e. The highest BCUT2D eigenvalue weighted by Gasteiger charge is 2.06. The lowest BCUT2D eigenvalue weighted by Crippen LogP contribution is -2.09. The number of nitrogens with zero attached hydrogens (tertiary/aromatic N) is 1. The molecule has 0 spiro atoms. The Morgan fingerprint density at radius 2 is 1.05 bits per heavy atom. The van der Waals surface area contributed by atoms with Crippen molar-refractivity contribution in [2.75, 3.05) is 19.0 Å². The standard InChI is InChI=1S/C20H19N/c1-21(2)20-11-7-6-10-19(20)18-14-12-17(13-15-18)16-8-4-3-5-9-16/h3-15H,1-2H3. The highest BCUT2D eigenvalue weighted by molar-refractivity contribution is 5.79. The molecular weight excluding hydrogens is 254 g/mol. The summed E-state index contributed by atoms with van der Waals surface area (Å²) in [5.74, 6) is 0. The molecule has 0 aliphatic rings. The van der Waals surface area contributed by atoms with E-state index in [1.54, 1.807) is 0 Å². The zero-order valence-electron chi connectivity index (χ0n) is 12.5. The van der Waals surface area contributed by atoms with Crippen molar-refractivity contribution >= 4 is 5.69 Å². The zero-order valence-corrected chi connectivity index (χ0v) is 12.5. The average Bonchev–Trinajstić information content (AvgIpc) is 2.56. The molecule has 0 amide bonds. The first-order valence-corrected chi connectivity index (χ1v) is 7.18. The van der Waals surface area contributed by atoms with E-state index in [9.17, 15) is 0 Å². The fourth-order valence-corrected chi connectivity index (χ4v) is 2.58. The molecule has 0 aromatic heterocycles. The lowest BCUT2D eigenvalue weighted by molar-refractivity contribution is 1.13. The maximum absolute atomic E-state index is 2.20. The number of benzene rings is 3. The first-order valence-electron chi connectivity index (χ1n) is 7.18. The summed E-state index contributed by atoms with van der Waals surface area (Å²) in [6.45, 7) is 0. The quantitative estimate of drug-likeness (QED) is 0.642. The summed E-state index contributed by atoms with van der Waals surface area (Å²) in [6.07, 6.45) is 0. The molecule has 0 bridgehead atoms. The van der Waals surface area contributed by atoms with Gasteiger partial charge in [-0.25, -0.2) is 0 Å². The Balaban J connectivity index is 1.99. The second-order valence-electron chi connectivity index (χ2n) is 5.35. The van der Waals surface area contributed by atoms with Crippen molar-refractivity contribution in [2.45, 2.75) is 0 Å². The van der Waals surface area contributed by atoms with Crippen LogP contribution in [0.4, 0.5) is 5.69 Å². The summed E-state index contributed by atoms with van der Waals surface area (Å²) in [7, 11) is 4.16. The monoisotopic (exact) mass is 273 g/mol. The van der Waals surface area contributed by atoms with Gasteiger partial charge in [-0.05, 0) is 22.8 Å². The van der Waals surface area contributed by atoms with Crippen LogP contribution in [0.2, 0.25) is 0 Å². The third kappa shape index (κ3) is 2.82. The largest absolute Gasteiger partial charge is 0.377 e. The third-order valence-electron chi connectivity index (χ3n) is 3.69. The second-order valence-corrected chi connectivity index (χ2v) is 5.35. The van der Waals surface area contributed by atoms with E-state index in [1.165, 1.54) is 27.9 Å². The first kappa shape index (κ1) is 13.4. The van der Waals surface area contributed by atoms with Gasteiger partial charge in [0, 0.05) is 25.3 Å². The van der Waals surface area contributed by atoms with Crippen LogP contribution in [-0.2, 0) is 0 Å². The van der Waals surface area contributed by atoms with E-state index in [1.807, 2.05) is 6.07 Å². The normalized spacial score (nSPS) is 10.4. The molecule has 0 aliphatic carbocycles. The molecule has 0 saturated carbocycles. The molecule has 104 valence electrons. The van der Waals surface area contributed by atoms with E-state index in [4.69, 9.17) is 0 Å². The summed E-state index contributed by atoms with van der Waals surface area (Å²) in [4.78, 5) is 2.15. The summed E-state index contributed by atoms with van der Waals surface area (Å²) in [6, 6.07) is 27.8. The van der Waals surface area contributed by atoms with Crippen LogP contribution < -0.4 is 4.90 Å². The van der Waals surface area contributed by atoms with E-state index in [-0.39, 0.29) is 0 Å². The Hall–Kier alpha value is -2.54. The van der Waals surface area contributed by atoms with Crippen LogP contribution >= 0.6 is 0 Å². The van der Waals surface area contributed by atoms with Gasteiger partial charge in [0.1, 0.15) is 0 Å². The molecular formula is C20H19N. The van der Waals surface area contributed by atoms with Gasteiger partial charge in [-0.1, -0.05) is 72.8 Å². The van der Waals surface area contributed by atoms with Crippen molar-refractivity contribution < 1.29 is 0 Å². The topological polar surface area (TPSA) is 3.24 Å². The maximum atomic E-state index is 2.20. The summed E-state index contributed by atoms with van der Waals surface area (Å²) in [5.41, 5.74) is 6.26. The van der Waals surface area contributed by atoms with Crippen molar-refractivity contribution in [3.63, 3.8) is 0 Å². The summed E-state index contributed by atoms with van der Waals surface area (Å²) >= 11 is 0. The van der Waals surface area contributed by atoms with E-state index < -0.39 is 0 Å². The predicted molar refractivity (Wildman–Crippen MR) is 91.6 cm³/mol. The van der Waals surface area contributed by atoms with Crippen molar-refractivity contribution in [1.82, 2.24) is 0 Å². The average molecular weight is 273 g/mol. The molecule has 1 nitrogen and oxygen atoms in total. The molecule has 0 unspecified atom stereocenters. The van der Waals surface area contributed by atoms with Gasteiger partial charge in [-0.3, -0.25) is 0 Å². The van der Waals surface area contributed by atoms with Crippen LogP contribution in [0, 0.1) is 0 Å². The molecule has 21 heavy (non-hydrogen) atoms.